The molecule has 1 spiro atoms. The van der Waals surface area contributed by atoms with Gasteiger partial charge in [0.1, 0.15) is 28.6 Å². The number of carbonyl (C=O) groups is 2. The molecule has 3 N–H and O–H groups in total. The third-order valence-electron chi connectivity index (χ3n) is 10.2. The number of fused-ring (bicyclic) bond motifs is 1. The topological polar surface area (TPSA) is 121 Å². The van der Waals surface area contributed by atoms with E-state index in [-0.39, 0.29) is 17.7 Å². The van der Waals surface area contributed by atoms with Gasteiger partial charge in [-0.05, 0) is 86.8 Å². The predicted octanol–water partition coefficient (Wildman–Crippen LogP) is 5.75. The molecule has 2 aromatic carbocycles. The van der Waals surface area contributed by atoms with E-state index >= 15 is 0 Å². The zero-order valence-corrected chi connectivity index (χ0v) is 25.8. The summed E-state index contributed by atoms with van der Waals surface area (Å²) in [6.45, 7) is 3.67. The number of nitrogens with two attached hydrogens (primary N) is 1. The molecule has 1 saturated carbocycles. The van der Waals surface area contributed by atoms with E-state index in [1.165, 1.54) is 0 Å². The number of hydrogen-bond acceptors (Lipinski definition) is 7. The van der Waals surface area contributed by atoms with Crippen molar-refractivity contribution < 1.29 is 23.8 Å². The highest BCUT2D eigenvalue weighted by atomic mass is 16.7. The molecule has 2 amide bonds. The van der Waals surface area contributed by atoms with E-state index in [9.17, 15) is 9.59 Å². The van der Waals surface area contributed by atoms with Gasteiger partial charge in [-0.1, -0.05) is 18.2 Å². The first-order chi connectivity index (χ1) is 22.0. The van der Waals surface area contributed by atoms with Crippen molar-refractivity contribution in [2.24, 2.45) is 17.6 Å². The Morgan fingerprint density at radius 3 is 2.31 bits per heavy atom. The van der Waals surface area contributed by atoms with Gasteiger partial charge in [0.2, 0.25) is 5.91 Å². The third-order valence-corrected chi connectivity index (χ3v) is 10.2. The molecule has 4 aliphatic rings. The van der Waals surface area contributed by atoms with Crippen molar-refractivity contribution in [2.75, 3.05) is 38.2 Å². The van der Waals surface area contributed by atoms with E-state index in [0.29, 0.717) is 54.3 Å². The second-order valence-electron chi connectivity index (χ2n) is 12.9. The van der Waals surface area contributed by atoms with Gasteiger partial charge in [0.05, 0.1) is 19.3 Å². The van der Waals surface area contributed by atoms with Crippen LogP contribution >= 0.6 is 0 Å². The molecule has 45 heavy (non-hydrogen) atoms. The number of anilines is 1. The summed E-state index contributed by atoms with van der Waals surface area (Å²) < 4.78 is 19.7. The van der Waals surface area contributed by atoms with Crippen LogP contribution in [0.3, 0.4) is 0 Å². The highest BCUT2D eigenvalue weighted by molar-refractivity contribution is 6.03. The van der Waals surface area contributed by atoms with Crippen LogP contribution in [-0.4, -0.2) is 65.1 Å². The summed E-state index contributed by atoms with van der Waals surface area (Å²) in [5.41, 5.74) is 7.73. The zero-order chi connectivity index (χ0) is 30.8. The molecule has 2 saturated heterocycles. The predicted molar refractivity (Wildman–Crippen MR) is 170 cm³/mol. The highest BCUT2D eigenvalue weighted by Gasteiger charge is 2.40. The average Bonchev–Trinajstić information content (AvgIpc) is 3.70. The molecule has 0 unspecified atom stereocenters. The third kappa shape index (κ3) is 6.31. The smallest absolute Gasteiger partial charge is 0.254 e. The van der Waals surface area contributed by atoms with E-state index in [1.807, 2.05) is 59.3 Å². The quantitative estimate of drug-likeness (QED) is 0.332. The number of para-hydroxylation sites is 1. The van der Waals surface area contributed by atoms with Crippen molar-refractivity contribution in [3.8, 4) is 22.8 Å². The van der Waals surface area contributed by atoms with E-state index in [1.54, 1.807) is 0 Å². The summed E-state index contributed by atoms with van der Waals surface area (Å²) in [5.74, 6) is 2.52. The summed E-state index contributed by atoms with van der Waals surface area (Å²) in [4.78, 5) is 27.9. The number of nitrogens with one attached hydrogen (secondary N) is 1. The maximum absolute atomic E-state index is 13.2. The molecule has 7 rings (SSSR count). The van der Waals surface area contributed by atoms with Crippen molar-refractivity contribution in [2.45, 2.75) is 69.6 Å². The number of aromatic nitrogens is 2. The Kier molecular flexibility index (Phi) is 8.51. The number of amides is 2. The lowest BCUT2D eigenvalue weighted by atomic mass is 9.82. The maximum atomic E-state index is 13.2. The SMILES string of the molecule is NC(=O)c1c(-c2ccc(Oc3ccccc3)cc2)nn2c1NCC[C@H]2C1CCN(C(=O)CCC2CCC3(CC2)OCCO3)CC1. The van der Waals surface area contributed by atoms with Crippen molar-refractivity contribution in [3.63, 3.8) is 0 Å². The lowest BCUT2D eigenvalue weighted by Gasteiger charge is -2.39. The minimum Gasteiger partial charge on any atom is -0.457 e. The van der Waals surface area contributed by atoms with Crippen LogP contribution in [0.15, 0.2) is 54.6 Å². The maximum Gasteiger partial charge on any atom is 0.254 e. The summed E-state index contributed by atoms with van der Waals surface area (Å²) >= 11 is 0. The summed E-state index contributed by atoms with van der Waals surface area (Å²) in [7, 11) is 0. The van der Waals surface area contributed by atoms with Gasteiger partial charge < -0.3 is 30.2 Å². The van der Waals surface area contributed by atoms with Gasteiger partial charge in [-0.2, -0.15) is 5.10 Å². The fraction of sp³-hybridized carbons (Fsp3) is 0.514. The van der Waals surface area contributed by atoms with Crippen LogP contribution in [0.25, 0.3) is 11.3 Å². The molecule has 10 nitrogen and oxygen atoms in total. The van der Waals surface area contributed by atoms with Crippen LogP contribution in [0.2, 0.25) is 0 Å². The van der Waals surface area contributed by atoms with Crippen LogP contribution in [0, 0.1) is 11.8 Å². The van der Waals surface area contributed by atoms with Crippen LogP contribution in [0.1, 0.15) is 74.2 Å². The van der Waals surface area contributed by atoms with Gasteiger partial charge in [-0.15, -0.1) is 0 Å². The Hall–Kier alpha value is -3.89. The van der Waals surface area contributed by atoms with Crippen molar-refractivity contribution in [1.82, 2.24) is 14.7 Å². The number of rotatable bonds is 8. The van der Waals surface area contributed by atoms with Gasteiger partial charge in [0, 0.05) is 44.5 Å². The number of carbonyl (C=O) groups excluding carboxylic acids is 2. The Morgan fingerprint density at radius 2 is 1.62 bits per heavy atom. The summed E-state index contributed by atoms with van der Waals surface area (Å²) in [6.07, 6.45) is 8.32. The fourth-order valence-corrected chi connectivity index (χ4v) is 7.69. The molecule has 10 heteroatoms. The Morgan fingerprint density at radius 1 is 0.933 bits per heavy atom. The normalized spacial score (nSPS) is 21.8. The number of likely N-dealkylation sites (tertiary alicyclic amines) is 1. The second-order valence-corrected chi connectivity index (χ2v) is 12.9. The number of hydrogen-bond donors (Lipinski definition) is 2. The van der Waals surface area contributed by atoms with Gasteiger partial charge in [0.25, 0.3) is 5.91 Å². The molecular formula is C35H43N5O5. The summed E-state index contributed by atoms with van der Waals surface area (Å²) in [6, 6.07) is 17.4. The number of primary amides is 1. The number of ether oxygens (including phenoxy) is 3. The standard InChI is InChI=1S/C35H43N5O5/c36-33(42)31-32(26-7-9-28(10-8-26)45-27-4-2-1-3-5-27)38-40-29(14-19-37-34(31)40)25-15-20-39(21-16-25)30(41)11-6-24-12-17-35(18-13-24)43-22-23-44-35/h1-5,7-10,24-25,29,37H,6,11-23H2,(H2,36,42)/t29-/m0/s1. The Balaban J connectivity index is 0.977. The highest BCUT2D eigenvalue weighted by Crippen LogP contribution is 2.42. The fourth-order valence-electron chi connectivity index (χ4n) is 7.69. The van der Waals surface area contributed by atoms with Crippen molar-refractivity contribution in [3.05, 3.63) is 60.2 Å². The molecular weight excluding hydrogens is 570 g/mol. The van der Waals surface area contributed by atoms with Gasteiger partial charge in [-0.3, -0.25) is 9.59 Å². The first-order valence-electron chi connectivity index (χ1n) is 16.5. The summed E-state index contributed by atoms with van der Waals surface area (Å²) in [5, 5.41) is 8.39. The molecule has 0 bridgehead atoms. The molecule has 238 valence electrons. The Labute approximate surface area is 264 Å². The lowest BCUT2D eigenvalue weighted by molar-refractivity contribution is -0.182. The minimum atomic E-state index is -0.499. The number of nitrogens with zero attached hydrogens (tertiary/aromatic N) is 3. The first-order valence-corrected chi connectivity index (χ1v) is 16.5. The van der Waals surface area contributed by atoms with Crippen molar-refractivity contribution in [1.29, 1.82) is 0 Å². The second kappa shape index (κ2) is 12.8. The molecule has 4 heterocycles. The van der Waals surface area contributed by atoms with Crippen LogP contribution in [-0.2, 0) is 14.3 Å². The average molecular weight is 614 g/mol. The number of piperidine rings is 1. The monoisotopic (exact) mass is 613 g/mol. The molecule has 1 atom stereocenters. The van der Waals surface area contributed by atoms with Gasteiger partial charge in [0.15, 0.2) is 5.79 Å². The molecule has 0 radical (unpaired) electrons. The molecule has 1 aliphatic carbocycles. The molecule has 1 aromatic heterocycles. The minimum absolute atomic E-state index is 0.139. The first kappa shape index (κ1) is 29.8. The molecule has 3 aliphatic heterocycles. The van der Waals surface area contributed by atoms with E-state index in [2.05, 4.69) is 10.2 Å². The van der Waals surface area contributed by atoms with Crippen LogP contribution < -0.4 is 15.8 Å². The molecule has 3 fully saturated rings. The van der Waals surface area contributed by atoms with Crippen LogP contribution in [0.5, 0.6) is 11.5 Å². The zero-order valence-electron chi connectivity index (χ0n) is 25.8. The van der Waals surface area contributed by atoms with E-state index in [4.69, 9.17) is 25.0 Å². The van der Waals surface area contributed by atoms with Gasteiger partial charge in [-0.25, -0.2) is 4.68 Å². The number of benzene rings is 2. The largest absolute Gasteiger partial charge is 0.457 e. The van der Waals surface area contributed by atoms with E-state index in [0.717, 1.165) is 82.3 Å². The van der Waals surface area contributed by atoms with E-state index < -0.39 is 5.91 Å². The Bertz CT molecular complexity index is 1480. The van der Waals surface area contributed by atoms with Crippen molar-refractivity contribution >= 4 is 17.6 Å². The van der Waals surface area contributed by atoms with Gasteiger partial charge >= 0.3 is 0 Å². The van der Waals surface area contributed by atoms with Crippen LogP contribution in [0.4, 0.5) is 5.82 Å². The lowest BCUT2D eigenvalue weighted by Crippen LogP contribution is -2.42. The molecule has 3 aromatic rings.